The van der Waals surface area contributed by atoms with Gasteiger partial charge in [-0.3, -0.25) is 0 Å². The molecule has 0 aliphatic carbocycles. The minimum atomic E-state index is -1.08. The van der Waals surface area contributed by atoms with Gasteiger partial charge >= 0.3 is 0 Å². The number of benzene rings is 1. The summed E-state index contributed by atoms with van der Waals surface area (Å²) >= 11 is 0. The van der Waals surface area contributed by atoms with E-state index in [0.29, 0.717) is 11.1 Å². The van der Waals surface area contributed by atoms with Gasteiger partial charge in [-0.25, -0.2) is 0 Å². The monoisotopic (exact) mass is 210 g/mol. The third kappa shape index (κ3) is 2.76. The van der Waals surface area contributed by atoms with Crippen LogP contribution in [0.2, 0.25) is 0 Å². The first-order chi connectivity index (χ1) is 7.20. The molecule has 0 aliphatic rings. The second kappa shape index (κ2) is 5.45. The number of nitrogens with two attached hydrogens (primary N) is 1. The highest BCUT2D eigenvalue weighted by molar-refractivity contribution is 5.81. The van der Waals surface area contributed by atoms with Gasteiger partial charge in [0.15, 0.2) is 0 Å². The number of aliphatic hydroxyl groups is 2. The first-order valence-corrected chi connectivity index (χ1v) is 4.53. The topological polar surface area (TPSA) is 99.1 Å². The highest BCUT2D eigenvalue weighted by atomic mass is 16.4. The van der Waals surface area contributed by atoms with Crippen molar-refractivity contribution in [1.29, 1.82) is 0 Å². The predicted molar refractivity (Wildman–Crippen MR) is 55.8 cm³/mol. The number of hydrogen-bond acceptors (Lipinski definition) is 5. The van der Waals surface area contributed by atoms with Crippen LogP contribution < -0.4 is 5.73 Å². The van der Waals surface area contributed by atoms with Crippen LogP contribution in [0.4, 0.5) is 0 Å². The van der Waals surface area contributed by atoms with E-state index in [0.717, 1.165) is 0 Å². The Labute approximate surface area is 87.5 Å². The molecular formula is C10H14N2O3. The van der Waals surface area contributed by atoms with Crippen LogP contribution in [0.5, 0.6) is 0 Å². The molecule has 0 radical (unpaired) electrons. The largest absolute Gasteiger partial charge is 0.411 e. The summed E-state index contributed by atoms with van der Waals surface area (Å²) < 4.78 is 0. The van der Waals surface area contributed by atoms with Gasteiger partial charge in [0.2, 0.25) is 0 Å². The van der Waals surface area contributed by atoms with Crippen molar-refractivity contribution in [2.24, 2.45) is 10.9 Å². The summed E-state index contributed by atoms with van der Waals surface area (Å²) in [7, 11) is 0. The van der Waals surface area contributed by atoms with Crippen LogP contribution in [0, 0.1) is 0 Å². The molecule has 0 aromatic heterocycles. The molecule has 0 saturated carbocycles. The zero-order valence-electron chi connectivity index (χ0n) is 8.11. The minimum absolute atomic E-state index is 0.0359. The highest BCUT2D eigenvalue weighted by Crippen LogP contribution is 2.19. The molecule has 1 aromatic rings. The predicted octanol–water partition coefficient (Wildman–Crippen LogP) is -0.152. The van der Waals surface area contributed by atoms with Crippen LogP contribution in [0.1, 0.15) is 17.2 Å². The van der Waals surface area contributed by atoms with Crippen molar-refractivity contribution in [2.45, 2.75) is 12.2 Å². The van der Waals surface area contributed by atoms with Crippen molar-refractivity contribution < 1.29 is 15.4 Å². The highest BCUT2D eigenvalue weighted by Gasteiger charge is 2.18. The van der Waals surface area contributed by atoms with Crippen LogP contribution >= 0.6 is 0 Å². The van der Waals surface area contributed by atoms with Crippen molar-refractivity contribution in [1.82, 2.24) is 0 Å². The second-order valence-electron chi connectivity index (χ2n) is 3.12. The van der Waals surface area contributed by atoms with Crippen LogP contribution in [-0.4, -0.2) is 34.3 Å². The Kier molecular flexibility index (Phi) is 4.23. The van der Waals surface area contributed by atoms with Gasteiger partial charge in [0.1, 0.15) is 6.10 Å². The molecule has 2 atom stereocenters. The van der Waals surface area contributed by atoms with Gasteiger partial charge in [-0.15, -0.1) is 0 Å². The summed E-state index contributed by atoms with van der Waals surface area (Å²) in [5.41, 5.74) is 6.26. The summed E-state index contributed by atoms with van der Waals surface area (Å²) in [5.74, 6) is 0. The molecule has 0 amide bonds. The van der Waals surface area contributed by atoms with E-state index in [-0.39, 0.29) is 6.54 Å². The summed E-state index contributed by atoms with van der Waals surface area (Å²) in [4.78, 5) is 0. The Balaban J connectivity index is 3.01. The molecule has 0 spiro atoms. The molecule has 0 fully saturated rings. The van der Waals surface area contributed by atoms with E-state index >= 15 is 0 Å². The SMILES string of the molecule is NCC(O)C(O)c1ccccc1C=NO. The van der Waals surface area contributed by atoms with Crippen LogP contribution in [0.15, 0.2) is 29.4 Å². The smallest absolute Gasteiger partial charge is 0.107 e. The molecule has 5 nitrogen and oxygen atoms in total. The zero-order chi connectivity index (χ0) is 11.3. The Bertz CT molecular complexity index is 341. The summed E-state index contributed by atoms with van der Waals surface area (Å²) in [6, 6.07) is 6.76. The zero-order valence-corrected chi connectivity index (χ0v) is 8.11. The Morgan fingerprint density at radius 2 is 2.00 bits per heavy atom. The molecule has 5 N–H and O–H groups in total. The molecule has 0 aliphatic heterocycles. The van der Waals surface area contributed by atoms with Crippen LogP contribution in [-0.2, 0) is 0 Å². The number of nitrogens with zero attached hydrogens (tertiary/aromatic N) is 1. The molecule has 82 valence electrons. The fourth-order valence-corrected chi connectivity index (χ4v) is 1.30. The van der Waals surface area contributed by atoms with Gasteiger partial charge < -0.3 is 21.2 Å². The van der Waals surface area contributed by atoms with E-state index in [1.807, 2.05) is 0 Å². The molecular weight excluding hydrogens is 196 g/mol. The lowest BCUT2D eigenvalue weighted by atomic mass is 9.99. The average Bonchev–Trinajstić information content (AvgIpc) is 2.28. The molecule has 1 rings (SSSR count). The lowest BCUT2D eigenvalue weighted by Gasteiger charge is -2.17. The lowest BCUT2D eigenvalue weighted by Crippen LogP contribution is -2.27. The van der Waals surface area contributed by atoms with E-state index in [4.69, 9.17) is 10.9 Å². The molecule has 0 bridgehead atoms. The second-order valence-corrected chi connectivity index (χ2v) is 3.12. The number of oxime groups is 1. The summed E-state index contributed by atoms with van der Waals surface area (Å²) in [5, 5.41) is 30.4. The molecule has 2 unspecified atom stereocenters. The summed E-state index contributed by atoms with van der Waals surface area (Å²) in [6.07, 6.45) is -0.913. The summed E-state index contributed by atoms with van der Waals surface area (Å²) in [6.45, 7) is -0.0359. The van der Waals surface area contributed by atoms with Gasteiger partial charge in [-0.1, -0.05) is 29.4 Å². The van der Waals surface area contributed by atoms with Gasteiger partial charge in [0.05, 0.1) is 12.3 Å². The van der Waals surface area contributed by atoms with Crippen molar-refractivity contribution in [3.63, 3.8) is 0 Å². The van der Waals surface area contributed by atoms with Crippen molar-refractivity contribution in [3.8, 4) is 0 Å². The quantitative estimate of drug-likeness (QED) is 0.315. The van der Waals surface area contributed by atoms with E-state index in [1.165, 1.54) is 6.21 Å². The molecule has 15 heavy (non-hydrogen) atoms. The molecule has 0 heterocycles. The van der Waals surface area contributed by atoms with E-state index in [9.17, 15) is 10.2 Å². The van der Waals surface area contributed by atoms with Crippen molar-refractivity contribution >= 4 is 6.21 Å². The lowest BCUT2D eigenvalue weighted by molar-refractivity contribution is 0.0242. The van der Waals surface area contributed by atoms with Crippen LogP contribution in [0.3, 0.4) is 0 Å². The number of hydrogen-bond donors (Lipinski definition) is 4. The van der Waals surface area contributed by atoms with Gasteiger partial charge in [0, 0.05) is 12.1 Å². The van der Waals surface area contributed by atoms with Gasteiger partial charge in [-0.2, -0.15) is 0 Å². The first-order valence-electron chi connectivity index (χ1n) is 4.53. The molecule has 0 saturated heterocycles. The van der Waals surface area contributed by atoms with E-state index < -0.39 is 12.2 Å². The standard InChI is InChI=1S/C10H14N2O3/c11-5-9(13)10(14)8-4-2-1-3-7(8)6-12-15/h1-4,6,9-10,13-15H,5,11H2. The number of rotatable bonds is 4. The Morgan fingerprint density at radius 3 is 2.60 bits per heavy atom. The fourth-order valence-electron chi connectivity index (χ4n) is 1.30. The van der Waals surface area contributed by atoms with Gasteiger partial charge in [-0.05, 0) is 5.56 Å². The Morgan fingerprint density at radius 1 is 1.33 bits per heavy atom. The van der Waals surface area contributed by atoms with Crippen molar-refractivity contribution in [2.75, 3.05) is 6.54 Å². The van der Waals surface area contributed by atoms with E-state index in [2.05, 4.69) is 5.16 Å². The van der Waals surface area contributed by atoms with E-state index in [1.54, 1.807) is 24.3 Å². The maximum absolute atomic E-state index is 9.72. The number of aliphatic hydroxyl groups excluding tert-OH is 2. The Hall–Kier alpha value is -1.43. The van der Waals surface area contributed by atoms with Gasteiger partial charge in [0.25, 0.3) is 0 Å². The third-order valence-electron chi connectivity index (χ3n) is 2.12. The fraction of sp³-hybridized carbons (Fsp3) is 0.300. The average molecular weight is 210 g/mol. The first kappa shape index (κ1) is 11.6. The maximum atomic E-state index is 9.72. The maximum Gasteiger partial charge on any atom is 0.107 e. The van der Waals surface area contributed by atoms with Crippen molar-refractivity contribution in [3.05, 3.63) is 35.4 Å². The third-order valence-corrected chi connectivity index (χ3v) is 2.12. The molecule has 1 aromatic carbocycles. The normalized spacial score (nSPS) is 15.4. The minimum Gasteiger partial charge on any atom is -0.411 e. The molecule has 5 heteroatoms. The van der Waals surface area contributed by atoms with Crippen LogP contribution in [0.25, 0.3) is 0 Å².